The Morgan fingerprint density at radius 2 is 1.43 bits per heavy atom. The lowest BCUT2D eigenvalue weighted by molar-refractivity contribution is 0.102. The van der Waals surface area contributed by atoms with Gasteiger partial charge in [-0.2, -0.15) is 5.26 Å². The third kappa shape index (κ3) is 4.56. The number of rotatable bonds is 4. The lowest BCUT2D eigenvalue weighted by Gasteiger charge is -2.09. The molecule has 0 bridgehead atoms. The third-order valence-corrected chi connectivity index (χ3v) is 4.50. The Kier molecular flexibility index (Phi) is 5.73. The van der Waals surface area contributed by atoms with Crippen LogP contribution < -0.4 is 10.6 Å². The summed E-state index contributed by atoms with van der Waals surface area (Å²) in [7, 11) is 0. The molecule has 0 fully saturated rings. The van der Waals surface area contributed by atoms with Crippen molar-refractivity contribution in [2.45, 2.75) is 6.92 Å². The summed E-state index contributed by atoms with van der Waals surface area (Å²) in [4.78, 5) is 25.0. The van der Waals surface area contributed by atoms with Gasteiger partial charge in [-0.25, -0.2) is 0 Å². The second-order valence-electron chi connectivity index (χ2n) is 6.14. The summed E-state index contributed by atoms with van der Waals surface area (Å²) in [5.41, 5.74) is 3.26. The van der Waals surface area contributed by atoms with Crippen molar-refractivity contribution in [3.05, 3.63) is 94.0 Å². The number of nitrogens with zero attached hydrogens (tertiary/aromatic N) is 1. The Hall–Kier alpha value is -3.62. The van der Waals surface area contributed by atoms with Crippen molar-refractivity contribution < 1.29 is 9.59 Å². The summed E-state index contributed by atoms with van der Waals surface area (Å²) < 4.78 is 0. The Bertz CT molecular complexity index is 1090. The molecule has 5 nitrogen and oxygen atoms in total. The Labute approximate surface area is 167 Å². The van der Waals surface area contributed by atoms with Gasteiger partial charge in [0.2, 0.25) is 0 Å². The van der Waals surface area contributed by atoms with Gasteiger partial charge in [0.15, 0.2) is 0 Å². The summed E-state index contributed by atoms with van der Waals surface area (Å²) in [5, 5.41) is 14.9. The molecule has 0 unspecified atom stereocenters. The highest BCUT2D eigenvalue weighted by molar-refractivity contribution is 6.31. The van der Waals surface area contributed by atoms with Crippen molar-refractivity contribution in [3.8, 4) is 6.07 Å². The van der Waals surface area contributed by atoms with Crippen molar-refractivity contribution in [3.63, 3.8) is 0 Å². The van der Waals surface area contributed by atoms with E-state index in [1.165, 1.54) is 6.07 Å². The second kappa shape index (κ2) is 8.38. The molecule has 0 aromatic heterocycles. The largest absolute Gasteiger partial charge is 0.322 e. The molecule has 3 rings (SSSR count). The number of halogens is 1. The number of hydrogen-bond acceptors (Lipinski definition) is 3. The maximum absolute atomic E-state index is 12.5. The molecular weight excluding hydrogens is 374 g/mol. The Balaban J connectivity index is 1.73. The summed E-state index contributed by atoms with van der Waals surface area (Å²) in [5.74, 6) is -0.689. The predicted octanol–water partition coefficient (Wildman–Crippen LogP) is 5.02. The van der Waals surface area contributed by atoms with E-state index in [-0.39, 0.29) is 11.8 Å². The van der Waals surface area contributed by atoms with Crippen molar-refractivity contribution in [2.75, 3.05) is 10.6 Å². The lowest BCUT2D eigenvalue weighted by atomic mass is 10.1. The molecule has 0 aliphatic heterocycles. The first kappa shape index (κ1) is 19.2. The first-order valence-electron chi connectivity index (χ1n) is 8.45. The molecule has 3 aromatic carbocycles. The molecule has 0 saturated carbocycles. The summed E-state index contributed by atoms with van der Waals surface area (Å²) >= 11 is 6.08. The minimum atomic E-state index is -0.349. The van der Waals surface area contributed by atoms with Crippen molar-refractivity contribution in [1.29, 1.82) is 5.26 Å². The van der Waals surface area contributed by atoms with Crippen molar-refractivity contribution in [2.24, 2.45) is 0 Å². The average Bonchev–Trinajstić information content (AvgIpc) is 2.71. The highest BCUT2D eigenvalue weighted by Crippen LogP contribution is 2.21. The van der Waals surface area contributed by atoms with Gasteiger partial charge in [-0.05, 0) is 67.1 Å². The molecule has 0 aliphatic rings. The van der Waals surface area contributed by atoms with E-state index in [1.807, 2.05) is 19.1 Å². The van der Waals surface area contributed by atoms with Gasteiger partial charge < -0.3 is 10.6 Å². The van der Waals surface area contributed by atoms with Gasteiger partial charge in [-0.3, -0.25) is 9.59 Å². The number of nitriles is 1. The van der Waals surface area contributed by atoms with E-state index in [0.717, 1.165) is 5.56 Å². The molecule has 3 aromatic rings. The molecule has 0 saturated heterocycles. The molecule has 0 heterocycles. The molecule has 138 valence electrons. The third-order valence-electron chi connectivity index (χ3n) is 4.09. The van der Waals surface area contributed by atoms with Crippen molar-refractivity contribution >= 4 is 34.8 Å². The number of carbonyl (C=O) groups is 2. The van der Waals surface area contributed by atoms with Crippen LogP contribution in [-0.2, 0) is 0 Å². The zero-order valence-electron chi connectivity index (χ0n) is 15.0. The number of aryl methyl sites for hydroxylation is 1. The lowest BCUT2D eigenvalue weighted by Crippen LogP contribution is -2.15. The van der Waals surface area contributed by atoms with Crippen LogP contribution in [0, 0.1) is 18.3 Å². The highest BCUT2D eigenvalue weighted by Gasteiger charge is 2.12. The Morgan fingerprint density at radius 3 is 2.00 bits per heavy atom. The molecule has 2 N–H and O–H groups in total. The van der Waals surface area contributed by atoms with Crippen LogP contribution in [-0.4, -0.2) is 11.8 Å². The van der Waals surface area contributed by atoms with Gasteiger partial charge in [-0.15, -0.1) is 0 Å². The summed E-state index contributed by atoms with van der Waals surface area (Å²) in [6.07, 6.45) is 0. The van der Waals surface area contributed by atoms with E-state index in [1.54, 1.807) is 54.6 Å². The maximum atomic E-state index is 12.5. The van der Waals surface area contributed by atoms with E-state index in [4.69, 9.17) is 16.9 Å². The first-order chi connectivity index (χ1) is 13.5. The van der Waals surface area contributed by atoms with Crippen LogP contribution in [0.25, 0.3) is 0 Å². The molecule has 28 heavy (non-hydrogen) atoms. The molecule has 6 heteroatoms. The molecule has 2 amide bonds. The van der Waals surface area contributed by atoms with Crippen LogP contribution in [0.2, 0.25) is 5.02 Å². The predicted molar refractivity (Wildman–Crippen MR) is 110 cm³/mol. The fraction of sp³-hybridized carbons (Fsp3) is 0.0455. The summed E-state index contributed by atoms with van der Waals surface area (Å²) in [6.45, 7) is 1.88. The van der Waals surface area contributed by atoms with Gasteiger partial charge in [-0.1, -0.05) is 23.7 Å². The molecular formula is C22H16ClN3O2. The van der Waals surface area contributed by atoms with E-state index in [2.05, 4.69) is 10.6 Å². The fourth-order valence-corrected chi connectivity index (χ4v) is 2.69. The summed E-state index contributed by atoms with van der Waals surface area (Å²) in [6, 6.07) is 20.2. The molecule has 0 atom stereocenters. The molecule has 0 aliphatic carbocycles. The Morgan fingerprint density at radius 1 is 0.857 bits per heavy atom. The highest BCUT2D eigenvalue weighted by atomic mass is 35.5. The maximum Gasteiger partial charge on any atom is 0.255 e. The number of nitrogens with one attached hydrogen (secondary N) is 2. The second-order valence-corrected chi connectivity index (χ2v) is 6.55. The van der Waals surface area contributed by atoms with Crippen LogP contribution in [0.3, 0.4) is 0 Å². The number of amides is 2. The number of carbonyl (C=O) groups excluding carboxylic acids is 2. The molecule has 0 spiro atoms. The monoisotopic (exact) mass is 389 g/mol. The first-order valence-corrected chi connectivity index (χ1v) is 8.83. The zero-order valence-corrected chi connectivity index (χ0v) is 15.7. The van der Waals surface area contributed by atoms with Gasteiger partial charge in [0.05, 0.1) is 11.6 Å². The van der Waals surface area contributed by atoms with Gasteiger partial charge >= 0.3 is 0 Å². The van der Waals surface area contributed by atoms with E-state index < -0.39 is 0 Å². The number of benzene rings is 3. The van der Waals surface area contributed by atoms with Crippen LogP contribution >= 0.6 is 11.6 Å². The van der Waals surface area contributed by atoms with Crippen LogP contribution in [0.5, 0.6) is 0 Å². The smallest absolute Gasteiger partial charge is 0.255 e. The van der Waals surface area contributed by atoms with E-state index in [9.17, 15) is 9.59 Å². The number of anilines is 2. The van der Waals surface area contributed by atoms with Gasteiger partial charge in [0.25, 0.3) is 11.8 Å². The zero-order chi connectivity index (χ0) is 20.1. The molecule has 0 radical (unpaired) electrons. The van der Waals surface area contributed by atoms with Gasteiger partial charge in [0, 0.05) is 27.5 Å². The fourth-order valence-electron chi connectivity index (χ4n) is 2.51. The topological polar surface area (TPSA) is 82.0 Å². The minimum absolute atomic E-state index is 0.340. The number of hydrogen-bond donors (Lipinski definition) is 2. The van der Waals surface area contributed by atoms with Crippen LogP contribution in [0.15, 0.2) is 66.7 Å². The SMILES string of the molecule is Cc1ccc(NC(=O)c2cccc(C(=O)Nc3ccc(C#N)cc3)c2)cc1Cl. The normalized spacial score (nSPS) is 10.0. The quantitative estimate of drug-likeness (QED) is 0.656. The van der Waals surface area contributed by atoms with Gasteiger partial charge in [0.1, 0.15) is 0 Å². The van der Waals surface area contributed by atoms with Crippen molar-refractivity contribution in [1.82, 2.24) is 0 Å². The van der Waals surface area contributed by atoms with E-state index in [0.29, 0.717) is 33.1 Å². The van der Waals surface area contributed by atoms with E-state index >= 15 is 0 Å². The van der Waals surface area contributed by atoms with Crippen LogP contribution in [0.4, 0.5) is 11.4 Å². The average molecular weight is 390 g/mol. The standard InChI is InChI=1S/C22H16ClN3O2/c1-14-5-8-19(12-20(14)23)26-22(28)17-4-2-3-16(11-17)21(27)25-18-9-6-15(13-24)7-10-18/h2-12H,1H3,(H,25,27)(H,26,28). The van der Waals surface area contributed by atoms with Crippen LogP contribution in [0.1, 0.15) is 31.8 Å². The minimum Gasteiger partial charge on any atom is -0.322 e.